The lowest BCUT2D eigenvalue weighted by atomic mass is 10.2. The molecule has 0 fully saturated rings. The molecule has 0 rings (SSSR count). The van der Waals surface area contributed by atoms with Gasteiger partial charge in [0.15, 0.2) is 0 Å². The molecule has 0 bridgehead atoms. The van der Waals surface area contributed by atoms with Crippen molar-refractivity contribution >= 4 is 29.7 Å². The van der Waals surface area contributed by atoms with Crippen molar-refractivity contribution in [3.8, 4) is 0 Å². The highest BCUT2D eigenvalue weighted by Crippen LogP contribution is 1.92. The molecule has 0 heterocycles. The van der Waals surface area contributed by atoms with E-state index in [1.165, 1.54) is 0 Å². The molecule has 0 aromatic rings. The summed E-state index contributed by atoms with van der Waals surface area (Å²) in [4.78, 5) is 55.9. The van der Waals surface area contributed by atoms with Crippen LogP contribution in [0.3, 0.4) is 0 Å². The fourth-order valence-electron chi connectivity index (χ4n) is 1.48. The van der Waals surface area contributed by atoms with Gasteiger partial charge in [-0.25, -0.2) is 4.79 Å². The molecule has 13 nitrogen and oxygen atoms in total. The Labute approximate surface area is 141 Å². The number of carbonyl (C=O) groups excluding carboxylic acids is 3. The maximum absolute atomic E-state index is 11.8. The Morgan fingerprint density at radius 2 is 1.44 bits per heavy atom. The molecule has 0 aromatic heterocycles. The number of aliphatic hydroxyl groups excluding tert-OH is 2. The lowest BCUT2D eigenvalue weighted by molar-refractivity contribution is -0.142. The second-order valence-corrected chi connectivity index (χ2v) is 4.81. The molecule has 0 aromatic carbocycles. The van der Waals surface area contributed by atoms with E-state index >= 15 is 0 Å². The molecule has 0 aliphatic heterocycles. The second-order valence-electron chi connectivity index (χ2n) is 4.81. The molecule has 142 valence electrons. The maximum Gasteiger partial charge on any atom is 0.328 e. The topological polar surface area (TPSA) is 228 Å². The summed E-state index contributed by atoms with van der Waals surface area (Å²) in [5.74, 6) is -5.71. The Morgan fingerprint density at radius 3 is 1.88 bits per heavy atom. The van der Waals surface area contributed by atoms with Gasteiger partial charge in [-0.1, -0.05) is 0 Å². The first-order valence-corrected chi connectivity index (χ1v) is 6.91. The van der Waals surface area contributed by atoms with Crippen molar-refractivity contribution in [3.63, 3.8) is 0 Å². The summed E-state index contributed by atoms with van der Waals surface area (Å²) in [6.07, 6.45) is -0.689. The number of hydrogen-bond acceptors (Lipinski definition) is 8. The van der Waals surface area contributed by atoms with E-state index in [-0.39, 0.29) is 0 Å². The molecular weight excluding hydrogens is 344 g/mol. The third-order valence-corrected chi connectivity index (χ3v) is 2.79. The number of nitrogens with one attached hydrogen (secondary N) is 3. The number of carboxylic acids is 2. The zero-order chi connectivity index (χ0) is 19.6. The monoisotopic (exact) mass is 364 g/mol. The van der Waals surface area contributed by atoms with Crippen LogP contribution in [0.15, 0.2) is 0 Å². The summed E-state index contributed by atoms with van der Waals surface area (Å²) in [6, 6.07) is -4.48. The molecule has 0 aliphatic rings. The summed E-state index contributed by atoms with van der Waals surface area (Å²) in [6.45, 7) is -2.39. The molecule has 3 amide bonds. The average Bonchev–Trinajstić information content (AvgIpc) is 2.53. The average molecular weight is 364 g/mol. The molecule has 0 saturated heterocycles. The number of rotatable bonds is 11. The molecule has 9 N–H and O–H groups in total. The van der Waals surface area contributed by atoms with Crippen molar-refractivity contribution in [1.29, 1.82) is 0 Å². The molecule has 0 spiro atoms. The Balaban J connectivity index is 4.50. The van der Waals surface area contributed by atoms with Gasteiger partial charge in [0.05, 0.1) is 32.2 Å². The Bertz CT molecular complexity index is 525. The lowest BCUT2D eigenvalue weighted by Gasteiger charge is -2.18. The molecular formula is C12H20N4O9. The van der Waals surface area contributed by atoms with Crippen LogP contribution in [0.25, 0.3) is 0 Å². The van der Waals surface area contributed by atoms with E-state index in [1.54, 1.807) is 0 Å². The molecule has 13 heteroatoms. The van der Waals surface area contributed by atoms with Gasteiger partial charge in [0.1, 0.15) is 12.1 Å². The highest BCUT2D eigenvalue weighted by atomic mass is 16.4. The molecule has 25 heavy (non-hydrogen) atoms. The van der Waals surface area contributed by atoms with Crippen LogP contribution in [0.1, 0.15) is 6.42 Å². The van der Waals surface area contributed by atoms with Gasteiger partial charge < -0.3 is 42.1 Å². The Hall–Kier alpha value is -2.77. The number of aliphatic carboxylic acids is 2. The van der Waals surface area contributed by atoms with Crippen molar-refractivity contribution in [3.05, 3.63) is 0 Å². The first-order chi connectivity index (χ1) is 11.6. The Morgan fingerprint density at radius 1 is 0.880 bits per heavy atom. The molecule has 0 radical (unpaired) electrons. The van der Waals surface area contributed by atoms with Crippen LogP contribution in [-0.4, -0.2) is 88.0 Å². The summed E-state index contributed by atoms with van der Waals surface area (Å²) in [5, 5.41) is 41.0. The highest BCUT2D eigenvalue weighted by Gasteiger charge is 2.25. The standard InChI is InChI=1S/C12H20N4O9/c13-5(1-9(20)21)10(22)16-6(3-17)11(23)14-2-8(19)15-7(4-18)12(24)25/h5-7,17-18H,1-4,13H2,(H,14,23)(H,15,19)(H,16,22)(H,20,21)(H,24,25). The van der Waals surface area contributed by atoms with Crippen LogP contribution in [-0.2, 0) is 24.0 Å². The van der Waals surface area contributed by atoms with E-state index in [0.717, 1.165) is 0 Å². The molecule has 3 unspecified atom stereocenters. The fourth-order valence-corrected chi connectivity index (χ4v) is 1.48. The van der Waals surface area contributed by atoms with Gasteiger partial charge in [-0.05, 0) is 0 Å². The maximum atomic E-state index is 11.8. The molecule has 0 aliphatic carbocycles. The van der Waals surface area contributed by atoms with Gasteiger partial charge in [-0.3, -0.25) is 19.2 Å². The van der Waals surface area contributed by atoms with Gasteiger partial charge in [0.25, 0.3) is 0 Å². The van der Waals surface area contributed by atoms with Crippen molar-refractivity contribution < 1.29 is 44.4 Å². The summed E-state index contributed by atoms with van der Waals surface area (Å²) >= 11 is 0. The minimum atomic E-state index is -1.55. The number of nitrogens with two attached hydrogens (primary N) is 1. The first kappa shape index (κ1) is 22.2. The zero-order valence-electron chi connectivity index (χ0n) is 13.0. The highest BCUT2D eigenvalue weighted by molar-refractivity contribution is 5.93. The summed E-state index contributed by atoms with van der Waals surface area (Å²) in [5.41, 5.74) is 5.29. The third kappa shape index (κ3) is 8.59. The Kier molecular flexibility index (Phi) is 9.69. The number of hydrogen-bond donors (Lipinski definition) is 8. The summed E-state index contributed by atoms with van der Waals surface area (Å²) in [7, 11) is 0. The molecule has 0 saturated carbocycles. The summed E-state index contributed by atoms with van der Waals surface area (Å²) < 4.78 is 0. The quantitative estimate of drug-likeness (QED) is 0.174. The number of amides is 3. The van der Waals surface area contributed by atoms with Crippen LogP contribution >= 0.6 is 0 Å². The van der Waals surface area contributed by atoms with Crippen LogP contribution in [0.5, 0.6) is 0 Å². The smallest absolute Gasteiger partial charge is 0.328 e. The third-order valence-electron chi connectivity index (χ3n) is 2.79. The zero-order valence-corrected chi connectivity index (χ0v) is 13.0. The number of carbonyl (C=O) groups is 5. The van der Waals surface area contributed by atoms with Gasteiger partial charge in [-0.15, -0.1) is 0 Å². The van der Waals surface area contributed by atoms with Crippen molar-refractivity contribution in [2.24, 2.45) is 5.73 Å². The predicted molar refractivity (Wildman–Crippen MR) is 78.9 cm³/mol. The minimum absolute atomic E-state index is 0.684. The van der Waals surface area contributed by atoms with Gasteiger partial charge in [0.2, 0.25) is 17.7 Å². The fraction of sp³-hybridized carbons (Fsp3) is 0.583. The van der Waals surface area contributed by atoms with Gasteiger partial charge in [-0.2, -0.15) is 0 Å². The first-order valence-electron chi connectivity index (χ1n) is 6.91. The van der Waals surface area contributed by atoms with Crippen molar-refractivity contribution in [2.45, 2.75) is 24.5 Å². The van der Waals surface area contributed by atoms with Crippen LogP contribution in [0.4, 0.5) is 0 Å². The largest absolute Gasteiger partial charge is 0.481 e. The number of aliphatic hydroxyl groups is 2. The van der Waals surface area contributed by atoms with E-state index in [2.05, 4.69) is 0 Å². The van der Waals surface area contributed by atoms with E-state index in [0.29, 0.717) is 0 Å². The second kappa shape index (κ2) is 10.9. The van der Waals surface area contributed by atoms with E-state index in [9.17, 15) is 24.0 Å². The van der Waals surface area contributed by atoms with Crippen molar-refractivity contribution in [2.75, 3.05) is 19.8 Å². The van der Waals surface area contributed by atoms with Gasteiger partial charge in [0, 0.05) is 0 Å². The van der Waals surface area contributed by atoms with Crippen molar-refractivity contribution in [1.82, 2.24) is 16.0 Å². The number of carboxylic acid groups (broad SMARTS) is 2. The van der Waals surface area contributed by atoms with Crippen LogP contribution < -0.4 is 21.7 Å². The van der Waals surface area contributed by atoms with Crippen LogP contribution in [0, 0.1) is 0 Å². The van der Waals surface area contributed by atoms with E-state index in [1.807, 2.05) is 16.0 Å². The SMILES string of the molecule is NC(CC(=O)O)C(=O)NC(CO)C(=O)NCC(=O)NC(CO)C(=O)O. The predicted octanol–water partition coefficient (Wildman–Crippen LogP) is -5.06. The van der Waals surface area contributed by atoms with Gasteiger partial charge >= 0.3 is 11.9 Å². The molecule has 3 atom stereocenters. The van der Waals surface area contributed by atoms with Crippen LogP contribution in [0.2, 0.25) is 0 Å². The normalized spacial score (nSPS) is 13.9. The van der Waals surface area contributed by atoms with E-state index in [4.69, 9.17) is 26.2 Å². The lowest BCUT2D eigenvalue weighted by Crippen LogP contribution is -2.55. The van der Waals surface area contributed by atoms with E-state index < -0.39 is 74.0 Å². The minimum Gasteiger partial charge on any atom is -0.481 e.